The molecule has 0 unspecified atom stereocenters. The molecule has 5 aromatic rings. The van der Waals surface area contributed by atoms with E-state index in [1.54, 1.807) is 28.8 Å². The zero-order valence-corrected chi connectivity index (χ0v) is 19.9. The Morgan fingerprint density at radius 2 is 1.60 bits per heavy atom. The van der Waals surface area contributed by atoms with E-state index in [-0.39, 0.29) is 21.6 Å². The Bertz CT molecular complexity index is 1720. The molecule has 2 aromatic heterocycles. The zero-order valence-electron chi connectivity index (χ0n) is 18.3. The first-order valence-electron chi connectivity index (χ1n) is 11.1. The van der Waals surface area contributed by atoms with Gasteiger partial charge in [-0.15, -0.1) is 0 Å². The molecule has 35 heavy (non-hydrogen) atoms. The molecule has 1 aliphatic rings. The summed E-state index contributed by atoms with van der Waals surface area (Å²) in [5.74, 6) is -0.368. The third kappa shape index (κ3) is 3.57. The summed E-state index contributed by atoms with van der Waals surface area (Å²) in [5.41, 5.74) is 3.14. The van der Waals surface area contributed by atoms with Crippen molar-refractivity contribution in [3.05, 3.63) is 116 Å². The number of fused-ring (bicyclic) bond motifs is 5. The highest BCUT2D eigenvalue weighted by atomic mass is 35.5. The maximum atomic E-state index is 14.0. The van der Waals surface area contributed by atoms with E-state index in [0.29, 0.717) is 27.7 Å². The molecule has 0 atom stereocenters. The van der Waals surface area contributed by atoms with Crippen LogP contribution in [-0.2, 0) is 12.8 Å². The van der Waals surface area contributed by atoms with Crippen molar-refractivity contribution >= 4 is 34.3 Å². The Balaban J connectivity index is 1.70. The van der Waals surface area contributed by atoms with Crippen molar-refractivity contribution in [3.8, 4) is 22.7 Å². The largest absolute Gasteiger partial charge is 0.505 e. The fraction of sp³-hybridized carbons (Fsp3) is 0.0714. The summed E-state index contributed by atoms with van der Waals surface area (Å²) in [5, 5.41) is 11.8. The van der Waals surface area contributed by atoms with Crippen LogP contribution in [0.2, 0.25) is 5.02 Å². The lowest BCUT2D eigenvalue weighted by Gasteiger charge is -2.25. The van der Waals surface area contributed by atoms with Crippen molar-refractivity contribution in [3.63, 3.8) is 0 Å². The highest BCUT2D eigenvalue weighted by Crippen LogP contribution is 2.41. The van der Waals surface area contributed by atoms with E-state index >= 15 is 0 Å². The number of hydrogen-bond acceptors (Lipinski definition) is 5. The van der Waals surface area contributed by atoms with Crippen LogP contribution < -0.4 is 11.2 Å². The van der Waals surface area contributed by atoms with Gasteiger partial charge in [0.1, 0.15) is 10.3 Å². The molecule has 2 heterocycles. The molecule has 5 nitrogen and oxygen atoms in total. The fourth-order valence-corrected chi connectivity index (χ4v) is 5.61. The summed E-state index contributed by atoms with van der Waals surface area (Å²) in [6.07, 6.45) is 1.30. The quantitative estimate of drug-likeness (QED) is 0.319. The third-order valence-corrected chi connectivity index (χ3v) is 7.55. The standard InChI is InChI=1S/C28H18ClNO4S/c29-17-11-13-19(14-12-17)35-26-24(31)22-25(34-28(26)33)21-15-10-16-6-4-5-9-20(16)23(21)30(27(22)32)18-7-2-1-3-8-18/h1-9,11-14,31H,10,15H2. The molecular formula is C28H18ClNO4S. The van der Waals surface area contributed by atoms with Crippen LogP contribution >= 0.6 is 23.4 Å². The van der Waals surface area contributed by atoms with Crippen LogP contribution in [0, 0.1) is 0 Å². The highest BCUT2D eigenvalue weighted by molar-refractivity contribution is 7.99. The van der Waals surface area contributed by atoms with Gasteiger partial charge in [-0.3, -0.25) is 9.36 Å². The van der Waals surface area contributed by atoms with Crippen LogP contribution in [-0.4, -0.2) is 9.67 Å². The van der Waals surface area contributed by atoms with Crippen molar-refractivity contribution in [1.29, 1.82) is 0 Å². The molecule has 0 amide bonds. The van der Waals surface area contributed by atoms with Crippen LogP contribution in [0.15, 0.2) is 103 Å². The zero-order chi connectivity index (χ0) is 24.1. The third-order valence-electron chi connectivity index (χ3n) is 6.22. The van der Waals surface area contributed by atoms with E-state index in [4.69, 9.17) is 16.0 Å². The average Bonchev–Trinajstić information content (AvgIpc) is 2.88. The number of nitrogens with zero attached hydrogens (tertiary/aromatic N) is 1. The molecule has 6 rings (SSSR count). The first-order valence-corrected chi connectivity index (χ1v) is 12.3. The number of aryl methyl sites for hydroxylation is 2. The lowest BCUT2D eigenvalue weighted by Crippen LogP contribution is -2.25. The van der Waals surface area contributed by atoms with E-state index in [9.17, 15) is 14.7 Å². The number of halogens is 1. The summed E-state index contributed by atoms with van der Waals surface area (Å²) in [7, 11) is 0. The number of aromatic hydroxyl groups is 1. The van der Waals surface area contributed by atoms with Gasteiger partial charge in [0.25, 0.3) is 5.56 Å². The molecule has 0 spiro atoms. The van der Waals surface area contributed by atoms with E-state index in [1.165, 1.54) is 0 Å². The van der Waals surface area contributed by atoms with Crippen molar-refractivity contribution in [1.82, 2.24) is 4.57 Å². The van der Waals surface area contributed by atoms with Crippen molar-refractivity contribution in [2.75, 3.05) is 0 Å². The second-order valence-electron chi connectivity index (χ2n) is 8.29. The van der Waals surface area contributed by atoms with Crippen molar-refractivity contribution in [2.24, 2.45) is 0 Å². The second-order valence-corrected chi connectivity index (χ2v) is 9.81. The van der Waals surface area contributed by atoms with Gasteiger partial charge in [-0.1, -0.05) is 65.8 Å². The maximum absolute atomic E-state index is 14.0. The number of rotatable bonds is 3. The van der Waals surface area contributed by atoms with Crippen LogP contribution in [0.25, 0.3) is 27.9 Å². The Morgan fingerprint density at radius 3 is 2.37 bits per heavy atom. The molecule has 0 radical (unpaired) electrons. The summed E-state index contributed by atoms with van der Waals surface area (Å²) in [4.78, 5) is 27.7. The van der Waals surface area contributed by atoms with Crippen LogP contribution in [0.4, 0.5) is 0 Å². The molecule has 0 fully saturated rings. The van der Waals surface area contributed by atoms with Gasteiger partial charge in [-0.25, -0.2) is 4.79 Å². The summed E-state index contributed by atoms with van der Waals surface area (Å²) in [6, 6.07) is 24.1. The molecule has 0 aliphatic heterocycles. The predicted molar refractivity (Wildman–Crippen MR) is 138 cm³/mol. The predicted octanol–water partition coefficient (Wildman–Crippen LogP) is 6.22. The van der Waals surface area contributed by atoms with Gasteiger partial charge in [0, 0.05) is 26.7 Å². The molecule has 1 N–H and O–H groups in total. The van der Waals surface area contributed by atoms with Crippen LogP contribution in [0.5, 0.6) is 5.75 Å². The topological polar surface area (TPSA) is 72.4 Å². The van der Waals surface area contributed by atoms with Crippen molar-refractivity contribution in [2.45, 2.75) is 22.6 Å². The number of benzene rings is 3. The van der Waals surface area contributed by atoms with Crippen molar-refractivity contribution < 1.29 is 9.52 Å². The average molecular weight is 500 g/mol. The van der Waals surface area contributed by atoms with E-state index < -0.39 is 11.2 Å². The minimum atomic E-state index is -0.687. The summed E-state index contributed by atoms with van der Waals surface area (Å²) in [6.45, 7) is 0. The molecule has 0 saturated heterocycles. The van der Waals surface area contributed by atoms with Crippen LogP contribution in [0.3, 0.4) is 0 Å². The van der Waals surface area contributed by atoms with Crippen LogP contribution in [0.1, 0.15) is 11.1 Å². The Hall–Kier alpha value is -3.74. The molecule has 1 aliphatic carbocycles. The molecular weight excluding hydrogens is 482 g/mol. The maximum Gasteiger partial charge on any atom is 0.354 e. The first kappa shape index (κ1) is 21.8. The second kappa shape index (κ2) is 8.48. The number of hydrogen-bond donors (Lipinski definition) is 1. The normalized spacial score (nSPS) is 12.4. The first-order chi connectivity index (χ1) is 17.0. The van der Waals surface area contributed by atoms with E-state index in [2.05, 4.69) is 0 Å². The van der Waals surface area contributed by atoms with Gasteiger partial charge in [0.2, 0.25) is 0 Å². The minimum Gasteiger partial charge on any atom is -0.505 e. The lowest BCUT2D eigenvalue weighted by atomic mass is 9.87. The van der Waals surface area contributed by atoms with Gasteiger partial charge in [-0.2, -0.15) is 0 Å². The minimum absolute atomic E-state index is 0.00282. The van der Waals surface area contributed by atoms with Gasteiger partial charge in [0.05, 0.1) is 5.69 Å². The monoisotopic (exact) mass is 499 g/mol. The fourth-order valence-electron chi connectivity index (χ4n) is 4.65. The molecule has 3 aromatic carbocycles. The smallest absolute Gasteiger partial charge is 0.354 e. The molecule has 7 heteroatoms. The lowest BCUT2D eigenvalue weighted by molar-refractivity contribution is 0.445. The number of para-hydroxylation sites is 1. The molecule has 0 saturated carbocycles. The Kier molecular flexibility index (Phi) is 5.28. The van der Waals surface area contributed by atoms with Gasteiger partial charge >= 0.3 is 5.63 Å². The van der Waals surface area contributed by atoms with Gasteiger partial charge in [-0.05, 0) is 54.8 Å². The number of aromatic nitrogens is 1. The molecule has 0 bridgehead atoms. The SMILES string of the molecule is O=c1oc2c3c(n(-c4ccccc4)c(=O)c2c(O)c1Sc1ccc(Cl)cc1)-c1ccccc1CC3. The summed E-state index contributed by atoms with van der Waals surface area (Å²) < 4.78 is 7.40. The molecule has 172 valence electrons. The van der Waals surface area contributed by atoms with Gasteiger partial charge in [0.15, 0.2) is 11.3 Å². The Labute approximate surface area is 209 Å². The van der Waals surface area contributed by atoms with Gasteiger partial charge < -0.3 is 9.52 Å². The van der Waals surface area contributed by atoms with E-state index in [1.807, 2.05) is 54.6 Å². The Morgan fingerprint density at radius 1 is 0.886 bits per heavy atom. The summed E-state index contributed by atoms with van der Waals surface area (Å²) >= 11 is 7.01. The highest BCUT2D eigenvalue weighted by Gasteiger charge is 2.29. The number of pyridine rings is 1. The van der Waals surface area contributed by atoms with E-state index in [0.717, 1.165) is 34.9 Å².